The van der Waals surface area contributed by atoms with E-state index in [9.17, 15) is 10.1 Å². The van der Waals surface area contributed by atoms with E-state index in [1.54, 1.807) is 9.58 Å². The van der Waals surface area contributed by atoms with Crippen LogP contribution < -0.4 is 4.90 Å². The zero-order valence-corrected chi connectivity index (χ0v) is 12.1. The highest BCUT2D eigenvalue weighted by molar-refractivity contribution is 9.09. The molecule has 2 aromatic rings. The van der Waals surface area contributed by atoms with Gasteiger partial charge in [-0.25, -0.2) is 4.68 Å². The molecule has 1 aromatic carbocycles. The average Bonchev–Trinajstić information content (AvgIpc) is 3.02. The van der Waals surface area contributed by atoms with Gasteiger partial charge in [-0.3, -0.25) is 9.69 Å². The Morgan fingerprint density at radius 3 is 2.70 bits per heavy atom. The summed E-state index contributed by atoms with van der Waals surface area (Å²) in [6.45, 7) is 0.548. The maximum absolute atomic E-state index is 12.1. The average molecular weight is 331 g/mol. The van der Waals surface area contributed by atoms with Crippen molar-refractivity contribution in [2.45, 2.75) is 11.2 Å². The molecular weight excluding hydrogens is 320 g/mol. The molecule has 2 heterocycles. The van der Waals surface area contributed by atoms with Gasteiger partial charge in [0, 0.05) is 17.8 Å². The quantitative estimate of drug-likeness (QED) is 0.793. The minimum absolute atomic E-state index is 0.000978. The van der Waals surface area contributed by atoms with Crippen molar-refractivity contribution < 1.29 is 4.79 Å². The number of aromatic nitrogens is 2. The lowest BCUT2D eigenvalue weighted by Crippen LogP contribution is -2.27. The lowest BCUT2D eigenvalue weighted by atomic mass is 10.3. The SMILES string of the molecule is N#Cc1cnn(-c2ccccc2)c1N1CC(Br)CC1=O. The van der Waals surface area contributed by atoms with Crippen molar-refractivity contribution in [2.75, 3.05) is 11.4 Å². The predicted octanol–water partition coefficient (Wildman–Crippen LogP) is 2.24. The van der Waals surface area contributed by atoms with Crippen LogP contribution in [0.3, 0.4) is 0 Å². The predicted molar refractivity (Wildman–Crippen MR) is 78.0 cm³/mol. The second-order valence-electron chi connectivity index (χ2n) is 4.55. The van der Waals surface area contributed by atoms with Crippen LogP contribution in [0.2, 0.25) is 0 Å². The fourth-order valence-corrected chi connectivity index (χ4v) is 2.87. The second-order valence-corrected chi connectivity index (χ2v) is 5.84. The van der Waals surface area contributed by atoms with Crippen LogP contribution in [0.1, 0.15) is 12.0 Å². The van der Waals surface area contributed by atoms with Gasteiger partial charge < -0.3 is 0 Å². The molecule has 100 valence electrons. The Balaban J connectivity index is 2.12. The lowest BCUT2D eigenvalue weighted by molar-refractivity contribution is -0.117. The highest BCUT2D eigenvalue weighted by atomic mass is 79.9. The van der Waals surface area contributed by atoms with Crippen molar-refractivity contribution in [1.82, 2.24) is 9.78 Å². The van der Waals surface area contributed by atoms with Crippen LogP contribution in [0.25, 0.3) is 5.69 Å². The second kappa shape index (κ2) is 5.10. The van der Waals surface area contributed by atoms with Crippen molar-refractivity contribution in [3.63, 3.8) is 0 Å². The first-order valence-corrected chi connectivity index (χ1v) is 7.10. The number of hydrogen-bond donors (Lipinski definition) is 0. The Kier molecular flexibility index (Phi) is 3.28. The molecule has 6 heteroatoms. The topological polar surface area (TPSA) is 61.9 Å². The van der Waals surface area contributed by atoms with Crippen LogP contribution in [-0.4, -0.2) is 27.1 Å². The standard InChI is InChI=1S/C14H11BrN4O/c15-11-6-13(20)18(9-11)14-10(7-16)8-17-19(14)12-4-2-1-3-5-12/h1-5,8,11H,6,9H2. The number of amides is 1. The summed E-state index contributed by atoms with van der Waals surface area (Å²) in [6, 6.07) is 11.6. The number of hydrogen-bond acceptors (Lipinski definition) is 3. The molecule has 1 aromatic heterocycles. The first kappa shape index (κ1) is 12.9. The maximum atomic E-state index is 12.1. The number of anilines is 1. The number of alkyl halides is 1. The van der Waals surface area contributed by atoms with Crippen LogP contribution in [0, 0.1) is 11.3 Å². The Hall–Kier alpha value is -2.13. The molecule has 1 saturated heterocycles. The number of nitrogens with zero attached hydrogens (tertiary/aromatic N) is 4. The summed E-state index contributed by atoms with van der Waals surface area (Å²) in [5.41, 5.74) is 1.23. The highest BCUT2D eigenvalue weighted by Crippen LogP contribution is 2.29. The molecule has 0 aliphatic carbocycles. The Bertz CT molecular complexity index is 689. The van der Waals surface area contributed by atoms with Crippen molar-refractivity contribution in [1.29, 1.82) is 5.26 Å². The lowest BCUT2D eigenvalue weighted by Gasteiger charge is -2.18. The van der Waals surface area contributed by atoms with E-state index in [1.807, 2.05) is 30.3 Å². The first-order chi connectivity index (χ1) is 9.70. The molecule has 5 nitrogen and oxygen atoms in total. The molecule has 1 amide bonds. The smallest absolute Gasteiger partial charge is 0.229 e. The van der Waals surface area contributed by atoms with E-state index in [0.29, 0.717) is 24.3 Å². The maximum Gasteiger partial charge on any atom is 0.229 e. The summed E-state index contributed by atoms with van der Waals surface area (Å²) in [5.74, 6) is 0.548. The summed E-state index contributed by atoms with van der Waals surface area (Å²) in [7, 11) is 0. The Labute approximate surface area is 124 Å². The minimum Gasteiger partial charge on any atom is -0.294 e. The molecule has 1 aliphatic rings. The van der Waals surface area contributed by atoms with E-state index in [-0.39, 0.29) is 10.7 Å². The molecule has 3 rings (SSSR count). The highest BCUT2D eigenvalue weighted by Gasteiger charge is 2.33. The summed E-state index contributed by atoms with van der Waals surface area (Å²) in [4.78, 5) is 13.8. The summed E-state index contributed by atoms with van der Waals surface area (Å²) >= 11 is 3.46. The van der Waals surface area contributed by atoms with E-state index < -0.39 is 0 Å². The van der Waals surface area contributed by atoms with E-state index in [0.717, 1.165) is 5.69 Å². The molecule has 0 spiro atoms. The molecule has 0 bridgehead atoms. The fourth-order valence-electron chi connectivity index (χ4n) is 2.31. The molecule has 20 heavy (non-hydrogen) atoms. The number of halogens is 1. The molecule has 0 saturated carbocycles. The third kappa shape index (κ3) is 2.10. The van der Waals surface area contributed by atoms with Gasteiger partial charge in [0.15, 0.2) is 5.82 Å². The molecule has 1 unspecified atom stereocenters. The Morgan fingerprint density at radius 2 is 2.10 bits per heavy atom. The summed E-state index contributed by atoms with van der Waals surface area (Å²) < 4.78 is 1.64. The molecule has 1 aliphatic heterocycles. The number of carbonyl (C=O) groups is 1. The van der Waals surface area contributed by atoms with Crippen molar-refractivity contribution in [2.24, 2.45) is 0 Å². The largest absolute Gasteiger partial charge is 0.294 e. The molecule has 1 fully saturated rings. The number of para-hydroxylation sites is 1. The Morgan fingerprint density at radius 1 is 1.35 bits per heavy atom. The normalized spacial score (nSPS) is 18.3. The van der Waals surface area contributed by atoms with Crippen LogP contribution in [0.5, 0.6) is 0 Å². The van der Waals surface area contributed by atoms with Gasteiger partial charge in [0.25, 0.3) is 0 Å². The summed E-state index contributed by atoms with van der Waals surface area (Å²) in [5, 5.41) is 13.5. The monoisotopic (exact) mass is 330 g/mol. The number of rotatable bonds is 2. The molecular formula is C14H11BrN4O. The van der Waals surface area contributed by atoms with Crippen LogP contribution in [-0.2, 0) is 4.79 Å². The minimum atomic E-state index is 0.000978. The van der Waals surface area contributed by atoms with Gasteiger partial charge in [-0.2, -0.15) is 10.4 Å². The number of carbonyl (C=O) groups excluding carboxylic acids is 1. The van der Waals surface area contributed by atoms with Crippen molar-refractivity contribution in [3.8, 4) is 11.8 Å². The van der Waals surface area contributed by atoms with E-state index in [1.165, 1.54) is 6.20 Å². The van der Waals surface area contributed by atoms with Crippen LogP contribution in [0.15, 0.2) is 36.5 Å². The van der Waals surface area contributed by atoms with Crippen molar-refractivity contribution in [3.05, 3.63) is 42.1 Å². The van der Waals surface area contributed by atoms with Gasteiger partial charge in [0.05, 0.1) is 11.9 Å². The van der Waals surface area contributed by atoms with Gasteiger partial charge in [0.1, 0.15) is 11.6 Å². The molecule has 0 N–H and O–H groups in total. The van der Waals surface area contributed by atoms with E-state index in [2.05, 4.69) is 27.1 Å². The first-order valence-electron chi connectivity index (χ1n) is 6.18. The van der Waals surface area contributed by atoms with Gasteiger partial charge >= 0.3 is 0 Å². The van der Waals surface area contributed by atoms with E-state index >= 15 is 0 Å². The number of nitriles is 1. The molecule has 0 radical (unpaired) electrons. The molecule has 1 atom stereocenters. The van der Waals surface area contributed by atoms with Gasteiger partial charge in [-0.05, 0) is 12.1 Å². The van der Waals surface area contributed by atoms with Gasteiger partial charge in [-0.15, -0.1) is 0 Å². The third-order valence-electron chi connectivity index (χ3n) is 3.20. The fraction of sp³-hybridized carbons (Fsp3) is 0.214. The summed E-state index contributed by atoms with van der Waals surface area (Å²) in [6.07, 6.45) is 1.93. The zero-order chi connectivity index (χ0) is 14.1. The van der Waals surface area contributed by atoms with Gasteiger partial charge in [0.2, 0.25) is 5.91 Å². The third-order valence-corrected chi connectivity index (χ3v) is 3.81. The zero-order valence-electron chi connectivity index (χ0n) is 10.5. The van der Waals surface area contributed by atoms with Crippen molar-refractivity contribution >= 4 is 27.7 Å². The van der Waals surface area contributed by atoms with E-state index in [4.69, 9.17) is 0 Å². The van der Waals surface area contributed by atoms with Crippen LogP contribution in [0.4, 0.5) is 5.82 Å². The number of benzene rings is 1. The van der Waals surface area contributed by atoms with Gasteiger partial charge in [-0.1, -0.05) is 34.1 Å². The van der Waals surface area contributed by atoms with Crippen LogP contribution >= 0.6 is 15.9 Å².